The standard InChI is InChI=1S/C11H19N7O2/c12-8(19)2-1-3-14-10-15-9(13)16-11(17-10)18-4-6-20-7-5-18/h1-7H2,(H2,12,19)(H3,13,14,15,16,17). The van der Waals surface area contributed by atoms with Crippen molar-refractivity contribution in [1.29, 1.82) is 0 Å². The number of carbonyl (C=O) groups excluding carboxylic acids is 1. The number of ether oxygens (including phenoxy) is 1. The number of anilines is 3. The van der Waals surface area contributed by atoms with E-state index in [9.17, 15) is 4.79 Å². The van der Waals surface area contributed by atoms with Crippen LogP contribution >= 0.6 is 0 Å². The molecule has 5 N–H and O–H groups in total. The quantitative estimate of drug-likeness (QED) is 0.564. The van der Waals surface area contributed by atoms with Crippen molar-refractivity contribution in [3.63, 3.8) is 0 Å². The van der Waals surface area contributed by atoms with Crippen LogP contribution in [0.3, 0.4) is 0 Å². The van der Waals surface area contributed by atoms with Crippen molar-refractivity contribution in [3.8, 4) is 0 Å². The number of carbonyl (C=O) groups is 1. The second-order valence-electron chi connectivity index (χ2n) is 4.41. The first kappa shape index (κ1) is 14.3. The summed E-state index contributed by atoms with van der Waals surface area (Å²) in [5, 5.41) is 3.01. The van der Waals surface area contributed by atoms with E-state index in [1.807, 2.05) is 4.90 Å². The second-order valence-corrected chi connectivity index (χ2v) is 4.41. The van der Waals surface area contributed by atoms with Gasteiger partial charge in [-0.1, -0.05) is 0 Å². The molecule has 110 valence electrons. The van der Waals surface area contributed by atoms with Gasteiger partial charge in [0.05, 0.1) is 13.2 Å². The molecule has 1 fully saturated rings. The van der Waals surface area contributed by atoms with Crippen LogP contribution in [0.2, 0.25) is 0 Å². The highest BCUT2D eigenvalue weighted by Gasteiger charge is 2.15. The van der Waals surface area contributed by atoms with Gasteiger partial charge in [-0.2, -0.15) is 15.0 Å². The van der Waals surface area contributed by atoms with Crippen molar-refractivity contribution < 1.29 is 9.53 Å². The molecule has 20 heavy (non-hydrogen) atoms. The Balaban J connectivity index is 1.95. The highest BCUT2D eigenvalue weighted by Crippen LogP contribution is 2.13. The molecule has 1 aliphatic heterocycles. The van der Waals surface area contributed by atoms with Crippen LogP contribution in [-0.2, 0) is 9.53 Å². The zero-order valence-corrected chi connectivity index (χ0v) is 11.2. The van der Waals surface area contributed by atoms with Gasteiger partial charge in [-0.15, -0.1) is 0 Å². The van der Waals surface area contributed by atoms with Gasteiger partial charge < -0.3 is 26.4 Å². The lowest BCUT2D eigenvalue weighted by atomic mass is 10.3. The Morgan fingerprint density at radius 2 is 2.05 bits per heavy atom. The predicted molar refractivity (Wildman–Crippen MR) is 74.2 cm³/mol. The Hall–Kier alpha value is -2.16. The van der Waals surface area contributed by atoms with Gasteiger partial charge in [-0.05, 0) is 6.42 Å². The van der Waals surface area contributed by atoms with Crippen LogP contribution < -0.4 is 21.7 Å². The fourth-order valence-electron chi connectivity index (χ4n) is 1.83. The van der Waals surface area contributed by atoms with Gasteiger partial charge in [0.1, 0.15) is 0 Å². The summed E-state index contributed by atoms with van der Waals surface area (Å²) in [6.07, 6.45) is 0.942. The summed E-state index contributed by atoms with van der Waals surface area (Å²) in [5.74, 6) is 0.788. The lowest BCUT2D eigenvalue weighted by Gasteiger charge is -2.26. The first-order valence-corrected chi connectivity index (χ1v) is 6.51. The third-order valence-electron chi connectivity index (χ3n) is 2.82. The maximum absolute atomic E-state index is 10.6. The molecule has 9 heteroatoms. The summed E-state index contributed by atoms with van der Waals surface area (Å²) < 4.78 is 5.28. The van der Waals surface area contributed by atoms with Gasteiger partial charge in [0.25, 0.3) is 0 Å². The summed E-state index contributed by atoms with van der Waals surface area (Å²) in [6.45, 7) is 3.30. The monoisotopic (exact) mass is 281 g/mol. The number of primary amides is 1. The van der Waals surface area contributed by atoms with Gasteiger partial charge in [0.15, 0.2) is 0 Å². The zero-order chi connectivity index (χ0) is 14.4. The molecule has 0 unspecified atom stereocenters. The number of hydrogen-bond acceptors (Lipinski definition) is 8. The van der Waals surface area contributed by atoms with Crippen molar-refractivity contribution >= 4 is 23.8 Å². The van der Waals surface area contributed by atoms with Crippen molar-refractivity contribution in [3.05, 3.63) is 0 Å². The maximum atomic E-state index is 10.6. The molecule has 2 rings (SSSR count). The van der Waals surface area contributed by atoms with Gasteiger partial charge in [0.2, 0.25) is 23.8 Å². The summed E-state index contributed by atoms with van der Waals surface area (Å²) in [5.41, 5.74) is 10.8. The number of nitrogens with two attached hydrogens (primary N) is 2. The maximum Gasteiger partial charge on any atom is 0.232 e. The first-order chi connectivity index (χ1) is 9.65. The molecule has 1 aromatic heterocycles. The van der Waals surface area contributed by atoms with Gasteiger partial charge in [0, 0.05) is 26.1 Å². The highest BCUT2D eigenvalue weighted by molar-refractivity contribution is 5.73. The Bertz CT molecular complexity index is 462. The van der Waals surface area contributed by atoms with Crippen molar-refractivity contribution in [2.45, 2.75) is 12.8 Å². The number of rotatable bonds is 6. The second kappa shape index (κ2) is 6.85. The fraction of sp³-hybridized carbons (Fsp3) is 0.636. The molecule has 0 spiro atoms. The van der Waals surface area contributed by atoms with Crippen molar-refractivity contribution in [2.75, 3.05) is 48.8 Å². The number of morpholine rings is 1. The van der Waals surface area contributed by atoms with Crippen LogP contribution in [0.15, 0.2) is 0 Å². The molecule has 0 radical (unpaired) electrons. The van der Waals surface area contributed by atoms with Gasteiger partial charge in [-0.25, -0.2) is 0 Å². The molecule has 0 bridgehead atoms. The third kappa shape index (κ3) is 4.19. The van der Waals surface area contributed by atoms with Crippen LogP contribution in [0.1, 0.15) is 12.8 Å². The molecule has 1 aliphatic rings. The molecule has 0 saturated carbocycles. The van der Waals surface area contributed by atoms with E-state index in [4.69, 9.17) is 16.2 Å². The van der Waals surface area contributed by atoms with Crippen LogP contribution in [0.5, 0.6) is 0 Å². The summed E-state index contributed by atoms with van der Waals surface area (Å²) in [7, 11) is 0. The van der Waals surface area contributed by atoms with E-state index in [1.165, 1.54) is 0 Å². The van der Waals surface area contributed by atoms with E-state index in [0.29, 0.717) is 44.5 Å². The molecule has 2 heterocycles. The SMILES string of the molecule is NC(=O)CCCNc1nc(N)nc(N2CCOCC2)n1. The number of nitrogen functional groups attached to an aromatic ring is 1. The first-order valence-electron chi connectivity index (χ1n) is 6.51. The van der Waals surface area contributed by atoms with Gasteiger partial charge >= 0.3 is 0 Å². The molecule has 0 aromatic carbocycles. The Kier molecular flexibility index (Phi) is 4.88. The predicted octanol–water partition coefficient (Wildman–Crippen LogP) is -1.03. The fourth-order valence-corrected chi connectivity index (χ4v) is 1.83. The van der Waals surface area contributed by atoms with Crippen molar-refractivity contribution in [1.82, 2.24) is 15.0 Å². The molecule has 1 saturated heterocycles. The van der Waals surface area contributed by atoms with Crippen LogP contribution in [-0.4, -0.2) is 53.7 Å². The van der Waals surface area contributed by atoms with E-state index >= 15 is 0 Å². The zero-order valence-electron chi connectivity index (χ0n) is 11.2. The van der Waals surface area contributed by atoms with Crippen LogP contribution in [0, 0.1) is 0 Å². The molecule has 1 amide bonds. The number of amides is 1. The van der Waals surface area contributed by atoms with E-state index in [0.717, 1.165) is 13.1 Å². The number of nitrogens with zero attached hydrogens (tertiary/aromatic N) is 4. The van der Waals surface area contributed by atoms with Crippen molar-refractivity contribution in [2.24, 2.45) is 5.73 Å². The summed E-state index contributed by atoms with van der Waals surface area (Å²) >= 11 is 0. The molecular weight excluding hydrogens is 262 g/mol. The van der Waals surface area contributed by atoms with E-state index < -0.39 is 0 Å². The number of hydrogen-bond donors (Lipinski definition) is 3. The average Bonchev–Trinajstić information content (AvgIpc) is 2.44. The normalized spacial score (nSPS) is 15.1. The lowest BCUT2D eigenvalue weighted by molar-refractivity contribution is -0.118. The summed E-state index contributed by atoms with van der Waals surface area (Å²) in [6, 6.07) is 0. The largest absolute Gasteiger partial charge is 0.378 e. The topological polar surface area (TPSA) is 132 Å². The van der Waals surface area contributed by atoms with Gasteiger partial charge in [-0.3, -0.25) is 4.79 Å². The Morgan fingerprint density at radius 3 is 2.75 bits per heavy atom. The smallest absolute Gasteiger partial charge is 0.232 e. The molecular formula is C11H19N7O2. The number of nitrogens with one attached hydrogen (secondary N) is 1. The Labute approximate surface area is 116 Å². The molecule has 9 nitrogen and oxygen atoms in total. The average molecular weight is 281 g/mol. The Morgan fingerprint density at radius 1 is 1.30 bits per heavy atom. The van der Waals surface area contributed by atoms with E-state index in [-0.39, 0.29) is 11.9 Å². The number of aromatic nitrogens is 3. The minimum atomic E-state index is -0.323. The minimum absolute atomic E-state index is 0.166. The lowest BCUT2D eigenvalue weighted by Crippen LogP contribution is -2.37. The van der Waals surface area contributed by atoms with Crippen LogP contribution in [0.25, 0.3) is 0 Å². The minimum Gasteiger partial charge on any atom is -0.378 e. The van der Waals surface area contributed by atoms with E-state index in [2.05, 4.69) is 20.3 Å². The van der Waals surface area contributed by atoms with Crippen LogP contribution in [0.4, 0.5) is 17.8 Å². The molecule has 0 atom stereocenters. The molecule has 1 aromatic rings. The third-order valence-corrected chi connectivity index (χ3v) is 2.82. The van der Waals surface area contributed by atoms with E-state index in [1.54, 1.807) is 0 Å². The highest BCUT2D eigenvalue weighted by atomic mass is 16.5. The summed E-state index contributed by atoms with van der Waals surface area (Å²) in [4.78, 5) is 25.1. The molecule has 0 aliphatic carbocycles.